The van der Waals surface area contributed by atoms with Crippen molar-refractivity contribution in [3.05, 3.63) is 15.9 Å². The van der Waals surface area contributed by atoms with E-state index in [1.54, 1.807) is 13.8 Å². The van der Waals surface area contributed by atoms with Gasteiger partial charge in [-0.25, -0.2) is 0 Å². The summed E-state index contributed by atoms with van der Waals surface area (Å²) >= 11 is 3.33. The average Bonchev–Trinajstić information content (AvgIpc) is 2.93. The van der Waals surface area contributed by atoms with E-state index < -0.39 is 24.2 Å². The highest BCUT2D eigenvalue weighted by molar-refractivity contribution is 9.10. The third-order valence-electron chi connectivity index (χ3n) is 3.44. The molecule has 1 aliphatic heterocycles. The molecule has 22 heavy (non-hydrogen) atoms. The van der Waals surface area contributed by atoms with E-state index >= 15 is 0 Å². The predicted octanol–water partition coefficient (Wildman–Crippen LogP) is 2.12. The highest BCUT2D eigenvalue weighted by Crippen LogP contribution is 2.38. The van der Waals surface area contributed by atoms with E-state index in [-0.39, 0.29) is 18.0 Å². The number of halogens is 4. The van der Waals surface area contributed by atoms with Gasteiger partial charge in [0.15, 0.2) is 0 Å². The van der Waals surface area contributed by atoms with Gasteiger partial charge < -0.3 is 5.11 Å². The van der Waals surface area contributed by atoms with Crippen LogP contribution in [0.5, 0.6) is 0 Å². The van der Waals surface area contributed by atoms with Gasteiger partial charge in [-0.1, -0.05) is 0 Å². The molecule has 10 heteroatoms. The molecule has 0 unspecified atom stereocenters. The van der Waals surface area contributed by atoms with Gasteiger partial charge in [-0.3, -0.25) is 9.48 Å². The molecule has 1 amide bonds. The molecule has 1 aliphatic rings. The molecule has 1 aromatic heterocycles. The second-order valence-electron chi connectivity index (χ2n) is 4.98. The van der Waals surface area contributed by atoms with Crippen LogP contribution in [0.4, 0.5) is 13.2 Å². The smallest absolute Gasteiger partial charge is 0.362 e. The van der Waals surface area contributed by atoms with Crippen LogP contribution in [-0.2, 0) is 11.3 Å². The van der Waals surface area contributed by atoms with E-state index in [0.29, 0.717) is 0 Å². The lowest BCUT2D eigenvalue weighted by Gasteiger charge is -2.32. The minimum Gasteiger partial charge on any atom is -0.362 e. The number of aromatic nitrogens is 2. The molecular weight excluding hydrogens is 369 g/mol. The Labute approximate surface area is 132 Å². The van der Waals surface area contributed by atoms with E-state index in [9.17, 15) is 23.1 Å². The topological polar surface area (TPSA) is 70.7 Å². The third kappa shape index (κ3) is 2.76. The van der Waals surface area contributed by atoms with Crippen LogP contribution in [0.15, 0.2) is 9.57 Å². The number of carbonyl (C=O) groups excluding carboxylic acids is 1. The summed E-state index contributed by atoms with van der Waals surface area (Å²) in [6, 6.07) is 0. The molecule has 1 atom stereocenters. The lowest BCUT2D eigenvalue weighted by atomic mass is 10.1. The number of hydrogen-bond acceptors (Lipinski definition) is 4. The number of nitrogens with zero attached hydrogens (tertiary/aromatic N) is 4. The first-order chi connectivity index (χ1) is 10.1. The zero-order valence-electron chi connectivity index (χ0n) is 11.9. The zero-order valence-corrected chi connectivity index (χ0v) is 13.4. The van der Waals surface area contributed by atoms with E-state index in [1.807, 2.05) is 0 Å². The monoisotopic (exact) mass is 382 g/mol. The number of amides is 1. The van der Waals surface area contributed by atoms with E-state index in [0.717, 1.165) is 22.1 Å². The van der Waals surface area contributed by atoms with Crippen LogP contribution in [0.1, 0.15) is 24.2 Å². The molecule has 0 spiro atoms. The summed E-state index contributed by atoms with van der Waals surface area (Å²) in [6.45, 7) is 3.63. The summed E-state index contributed by atoms with van der Waals surface area (Å²) in [6.07, 6.45) is -5.12. The molecular formula is C12H14BrF3N4O2. The van der Waals surface area contributed by atoms with Crippen molar-refractivity contribution in [1.29, 1.82) is 0 Å². The number of hydrazone groups is 1. The minimum atomic E-state index is -4.97. The molecule has 0 saturated heterocycles. The summed E-state index contributed by atoms with van der Waals surface area (Å²) in [5, 5.41) is 17.3. The summed E-state index contributed by atoms with van der Waals surface area (Å²) < 4.78 is 41.0. The predicted molar refractivity (Wildman–Crippen MR) is 75.0 cm³/mol. The van der Waals surface area contributed by atoms with Gasteiger partial charge in [-0.2, -0.15) is 28.4 Å². The molecule has 122 valence electrons. The maximum Gasteiger partial charge on any atom is 0.438 e. The maximum absolute atomic E-state index is 12.9. The second-order valence-corrected chi connectivity index (χ2v) is 5.77. The van der Waals surface area contributed by atoms with Gasteiger partial charge in [0.25, 0.3) is 5.72 Å². The van der Waals surface area contributed by atoms with Gasteiger partial charge >= 0.3 is 6.18 Å². The van der Waals surface area contributed by atoms with Crippen molar-refractivity contribution in [2.24, 2.45) is 5.10 Å². The van der Waals surface area contributed by atoms with Crippen molar-refractivity contribution >= 4 is 28.1 Å². The first-order valence-corrected chi connectivity index (χ1v) is 7.21. The Bertz CT molecular complexity index is 629. The van der Waals surface area contributed by atoms with E-state index in [1.165, 1.54) is 4.68 Å². The molecule has 0 bridgehead atoms. The minimum absolute atomic E-state index is 0.0943. The lowest BCUT2D eigenvalue weighted by molar-refractivity contribution is -0.302. The first-order valence-electron chi connectivity index (χ1n) is 6.42. The van der Waals surface area contributed by atoms with Gasteiger partial charge in [-0.05, 0) is 29.8 Å². The van der Waals surface area contributed by atoms with Gasteiger partial charge in [-0.15, -0.1) is 0 Å². The fourth-order valence-electron chi connectivity index (χ4n) is 2.14. The lowest BCUT2D eigenvalue weighted by Crippen LogP contribution is -2.56. The SMILES string of the molecule is Cc1nn(CCC(=O)N2N=CC[C@]2(O)C(F)(F)F)c(C)c1Br. The first kappa shape index (κ1) is 16.9. The number of carbonyl (C=O) groups is 1. The van der Waals surface area contributed by atoms with E-state index in [2.05, 4.69) is 26.1 Å². The fourth-order valence-corrected chi connectivity index (χ4v) is 2.42. The Balaban J connectivity index is 2.09. The standard InChI is InChI=1S/C12H14BrF3N4O2/c1-7-10(13)8(2)19(18-7)6-3-9(21)20-11(22,4-5-17-20)12(14,15)16/h5,22H,3-4,6H2,1-2H3/t11-/m0/s1. The normalized spacial score (nSPS) is 21.7. The summed E-state index contributed by atoms with van der Waals surface area (Å²) in [5.74, 6) is -0.919. The number of aryl methyl sites for hydroxylation is 2. The summed E-state index contributed by atoms with van der Waals surface area (Å²) in [5.41, 5.74) is -1.78. The van der Waals surface area contributed by atoms with Crippen LogP contribution in [0.2, 0.25) is 0 Å². The molecule has 0 saturated carbocycles. The van der Waals surface area contributed by atoms with Crippen LogP contribution in [-0.4, -0.2) is 43.9 Å². The van der Waals surface area contributed by atoms with Crippen molar-refractivity contribution in [3.8, 4) is 0 Å². The fraction of sp³-hybridized carbons (Fsp3) is 0.583. The van der Waals surface area contributed by atoms with Crippen LogP contribution in [0.3, 0.4) is 0 Å². The van der Waals surface area contributed by atoms with Crippen molar-refractivity contribution in [3.63, 3.8) is 0 Å². The average molecular weight is 383 g/mol. The van der Waals surface area contributed by atoms with Crippen LogP contribution in [0.25, 0.3) is 0 Å². The molecule has 2 rings (SSSR count). The van der Waals surface area contributed by atoms with Gasteiger partial charge in [0.1, 0.15) is 0 Å². The Morgan fingerprint density at radius 2 is 2.14 bits per heavy atom. The van der Waals surface area contributed by atoms with Crippen LogP contribution in [0, 0.1) is 13.8 Å². The molecule has 0 aromatic carbocycles. The van der Waals surface area contributed by atoms with Crippen molar-refractivity contribution < 1.29 is 23.1 Å². The molecule has 6 nitrogen and oxygen atoms in total. The van der Waals surface area contributed by atoms with Crippen LogP contribution >= 0.6 is 15.9 Å². The highest BCUT2D eigenvalue weighted by Gasteiger charge is 2.61. The Hall–Kier alpha value is -1.42. The van der Waals surface area contributed by atoms with Crippen LogP contribution < -0.4 is 0 Å². The number of rotatable bonds is 3. The zero-order chi connectivity index (χ0) is 16.7. The van der Waals surface area contributed by atoms with E-state index in [4.69, 9.17) is 0 Å². The third-order valence-corrected chi connectivity index (χ3v) is 4.59. The number of aliphatic hydroxyl groups is 1. The summed E-state index contributed by atoms with van der Waals surface area (Å²) in [4.78, 5) is 12.0. The molecule has 2 heterocycles. The molecule has 0 aliphatic carbocycles. The van der Waals surface area contributed by atoms with Crippen molar-refractivity contribution in [2.45, 2.75) is 45.1 Å². The Kier molecular flexibility index (Phi) is 4.35. The number of hydrogen-bond donors (Lipinski definition) is 1. The highest BCUT2D eigenvalue weighted by atomic mass is 79.9. The van der Waals surface area contributed by atoms with Crippen molar-refractivity contribution in [1.82, 2.24) is 14.8 Å². The molecule has 1 N–H and O–H groups in total. The van der Waals surface area contributed by atoms with Gasteiger partial charge in [0.2, 0.25) is 5.91 Å². The Morgan fingerprint density at radius 3 is 2.64 bits per heavy atom. The Morgan fingerprint density at radius 1 is 1.50 bits per heavy atom. The molecule has 0 radical (unpaired) electrons. The van der Waals surface area contributed by atoms with Gasteiger partial charge in [0.05, 0.1) is 16.7 Å². The van der Waals surface area contributed by atoms with Crippen molar-refractivity contribution in [2.75, 3.05) is 0 Å². The van der Waals surface area contributed by atoms with Gasteiger partial charge in [0, 0.05) is 24.8 Å². The largest absolute Gasteiger partial charge is 0.438 e. The summed E-state index contributed by atoms with van der Waals surface area (Å²) in [7, 11) is 0. The second kappa shape index (κ2) is 5.65. The molecule has 0 fully saturated rings. The maximum atomic E-state index is 12.9. The number of alkyl halides is 3. The molecule has 1 aromatic rings. The quantitative estimate of drug-likeness (QED) is 0.870.